The summed E-state index contributed by atoms with van der Waals surface area (Å²) >= 11 is 8.08. The van der Waals surface area contributed by atoms with Crippen LogP contribution in [0.3, 0.4) is 0 Å². The average Bonchev–Trinajstić information content (AvgIpc) is 3.12. The zero-order valence-electron chi connectivity index (χ0n) is 17.6. The van der Waals surface area contributed by atoms with Crippen molar-refractivity contribution in [2.24, 2.45) is 10.9 Å². The summed E-state index contributed by atoms with van der Waals surface area (Å²) < 4.78 is 0. The first kappa shape index (κ1) is 22.1. The summed E-state index contributed by atoms with van der Waals surface area (Å²) in [6, 6.07) is 8.07. The van der Waals surface area contributed by atoms with Gasteiger partial charge in [0.15, 0.2) is 5.96 Å². The Bertz CT molecular complexity index is 798. The first-order valence-corrected chi connectivity index (χ1v) is 11.7. The van der Waals surface area contributed by atoms with Crippen molar-refractivity contribution in [2.45, 2.75) is 46.2 Å². The molecule has 5 nitrogen and oxygen atoms in total. The Morgan fingerprint density at radius 3 is 2.76 bits per heavy atom. The van der Waals surface area contributed by atoms with E-state index < -0.39 is 0 Å². The van der Waals surface area contributed by atoms with Crippen LogP contribution in [0.15, 0.2) is 34.6 Å². The predicted molar refractivity (Wildman–Crippen MR) is 124 cm³/mol. The highest BCUT2D eigenvalue weighted by Crippen LogP contribution is 2.22. The molecule has 3 rings (SSSR count). The van der Waals surface area contributed by atoms with Gasteiger partial charge in [0.2, 0.25) is 0 Å². The monoisotopic (exact) mass is 433 g/mol. The van der Waals surface area contributed by atoms with Gasteiger partial charge in [-0.05, 0) is 64.3 Å². The van der Waals surface area contributed by atoms with Crippen LogP contribution in [0.2, 0.25) is 5.02 Å². The lowest BCUT2D eigenvalue weighted by Crippen LogP contribution is -2.40. The molecule has 1 unspecified atom stereocenters. The summed E-state index contributed by atoms with van der Waals surface area (Å²) in [7, 11) is 0. The lowest BCUT2D eigenvalue weighted by atomic mass is 9.97. The van der Waals surface area contributed by atoms with Crippen molar-refractivity contribution in [3.8, 4) is 0 Å². The number of thiazole rings is 1. The van der Waals surface area contributed by atoms with E-state index in [1.165, 1.54) is 18.5 Å². The molecule has 0 bridgehead atoms. The van der Waals surface area contributed by atoms with Crippen LogP contribution < -0.4 is 10.6 Å². The molecule has 7 heteroatoms. The highest BCUT2D eigenvalue weighted by molar-refractivity contribution is 7.09. The number of aliphatic imine (C=N–C) groups is 1. The fourth-order valence-corrected chi connectivity index (χ4v) is 4.59. The Balaban J connectivity index is 1.49. The molecule has 1 aromatic carbocycles. The maximum Gasteiger partial charge on any atom is 0.191 e. The number of likely N-dealkylation sites (tertiary alicyclic amines) is 1. The van der Waals surface area contributed by atoms with Gasteiger partial charge in [-0.2, -0.15) is 0 Å². The topological polar surface area (TPSA) is 52.6 Å². The standard InChI is InChI=1S/C22H32ClN5S/c1-4-24-22(26-16(2)20-7-5-6-8-21(20)23)25-13-18-9-11-28(12-10-18)14-19-15-29-17(3)27-19/h5-8,15-16,18H,4,9-14H2,1-3H3,(H2,24,25,26). The summed E-state index contributed by atoms with van der Waals surface area (Å²) in [5.41, 5.74) is 2.29. The van der Waals surface area contributed by atoms with Gasteiger partial charge in [0.25, 0.3) is 0 Å². The third-order valence-electron chi connectivity index (χ3n) is 5.34. The van der Waals surface area contributed by atoms with E-state index in [4.69, 9.17) is 16.6 Å². The minimum Gasteiger partial charge on any atom is -0.357 e. The van der Waals surface area contributed by atoms with Crippen LogP contribution in [0.5, 0.6) is 0 Å². The van der Waals surface area contributed by atoms with E-state index in [1.54, 1.807) is 11.3 Å². The van der Waals surface area contributed by atoms with Gasteiger partial charge in [0.1, 0.15) is 0 Å². The van der Waals surface area contributed by atoms with E-state index in [2.05, 4.69) is 52.7 Å². The number of nitrogens with one attached hydrogen (secondary N) is 2. The largest absolute Gasteiger partial charge is 0.357 e. The maximum absolute atomic E-state index is 6.34. The summed E-state index contributed by atoms with van der Waals surface area (Å²) in [6.07, 6.45) is 2.37. The molecule has 1 atom stereocenters. The maximum atomic E-state index is 6.34. The molecule has 1 saturated heterocycles. The van der Waals surface area contributed by atoms with E-state index in [0.717, 1.165) is 54.3 Å². The number of benzene rings is 1. The van der Waals surface area contributed by atoms with Gasteiger partial charge >= 0.3 is 0 Å². The zero-order valence-corrected chi connectivity index (χ0v) is 19.2. The van der Waals surface area contributed by atoms with Crippen LogP contribution in [0.4, 0.5) is 0 Å². The first-order chi connectivity index (χ1) is 14.0. The Hall–Kier alpha value is -1.63. The van der Waals surface area contributed by atoms with Crippen molar-refractivity contribution in [1.29, 1.82) is 0 Å². The Morgan fingerprint density at radius 2 is 2.10 bits per heavy atom. The van der Waals surface area contributed by atoms with Crippen molar-refractivity contribution in [3.05, 3.63) is 50.9 Å². The van der Waals surface area contributed by atoms with Gasteiger partial charge in [-0.25, -0.2) is 4.98 Å². The quantitative estimate of drug-likeness (QED) is 0.493. The fourth-order valence-electron chi connectivity index (χ4n) is 3.69. The van der Waals surface area contributed by atoms with E-state index in [9.17, 15) is 0 Å². The van der Waals surface area contributed by atoms with Crippen molar-refractivity contribution >= 4 is 28.9 Å². The SMILES string of the molecule is CCNC(=NCC1CCN(Cc2csc(C)n2)CC1)NC(C)c1ccccc1Cl. The average molecular weight is 434 g/mol. The molecule has 0 spiro atoms. The minimum atomic E-state index is 0.102. The number of nitrogens with zero attached hydrogens (tertiary/aromatic N) is 3. The van der Waals surface area contributed by atoms with Gasteiger partial charge in [-0.3, -0.25) is 9.89 Å². The van der Waals surface area contributed by atoms with Crippen LogP contribution in [0.1, 0.15) is 49.0 Å². The molecule has 1 aliphatic rings. The molecule has 0 amide bonds. The summed E-state index contributed by atoms with van der Waals surface area (Å²) in [4.78, 5) is 12.0. The number of guanidine groups is 1. The van der Waals surface area contributed by atoms with Crippen LogP contribution in [0.25, 0.3) is 0 Å². The molecular formula is C22H32ClN5S. The first-order valence-electron chi connectivity index (χ1n) is 10.5. The normalized spacial score (nSPS) is 17.3. The molecule has 0 radical (unpaired) electrons. The highest BCUT2D eigenvalue weighted by Gasteiger charge is 2.20. The third-order valence-corrected chi connectivity index (χ3v) is 6.50. The molecule has 29 heavy (non-hydrogen) atoms. The molecule has 0 aliphatic carbocycles. The third kappa shape index (κ3) is 6.69. The second kappa shape index (κ2) is 11.0. The van der Waals surface area contributed by atoms with Crippen molar-refractivity contribution in [3.63, 3.8) is 0 Å². The van der Waals surface area contributed by atoms with Crippen molar-refractivity contribution < 1.29 is 0 Å². The van der Waals surface area contributed by atoms with Gasteiger partial charge in [0.05, 0.1) is 16.7 Å². The highest BCUT2D eigenvalue weighted by atomic mass is 35.5. The predicted octanol–water partition coefficient (Wildman–Crippen LogP) is 4.63. The number of piperidine rings is 1. The summed E-state index contributed by atoms with van der Waals surface area (Å²) in [5, 5.41) is 11.0. The number of rotatable bonds is 7. The number of aryl methyl sites for hydroxylation is 1. The molecule has 2 N–H and O–H groups in total. The van der Waals surface area contributed by atoms with Crippen LogP contribution in [-0.2, 0) is 6.54 Å². The molecule has 158 valence electrons. The van der Waals surface area contributed by atoms with E-state index in [0.29, 0.717) is 5.92 Å². The van der Waals surface area contributed by atoms with Crippen molar-refractivity contribution in [1.82, 2.24) is 20.5 Å². The smallest absolute Gasteiger partial charge is 0.191 e. The molecule has 0 saturated carbocycles. The molecule has 2 aromatic rings. The lowest BCUT2D eigenvalue weighted by molar-refractivity contribution is 0.179. The fraction of sp³-hybridized carbons (Fsp3) is 0.545. The molecule has 2 heterocycles. The van der Waals surface area contributed by atoms with Gasteiger partial charge in [-0.15, -0.1) is 11.3 Å². The molecular weight excluding hydrogens is 402 g/mol. The van der Waals surface area contributed by atoms with Crippen LogP contribution >= 0.6 is 22.9 Å². The number of hydrogen-bond donors (Lipinski definition) is 2. The van der Waals surface area contributed by atoms with Gasteiger partial charge < -0.3 is 10.6 Å². The minimum absolute atomic E-state index is 0.102. The Kier molecular flexibility index (Phi) is 8.33. The molecule has 1 aliphatic heterocycles. The zero-order chi connectivity index (χ0) is 20.6. The van der Waals surface area contributed by atoms with Gasteiger partial charge in [-0.1, -0.05) is 29.8 Å². The lowest BCUT2D eigenvalue weighted by Gasteiger charge is -2.31. The molecule has 1 fully saturated rings. The van der Waals surface area contributed by atoms with E-state index in [1.807, 2.05) is 18.2 Å². The Morgan fingerprint density at radius 1 is 1.34 bits per heavy atom. The number of aromatic nitrogens is 1. The van der Waals surface area contributed by atoms with Crippen LogP contribution in [-0.4, -0.2) is 42.0 Å². The second-order valence-corrected chi connectivity index (χ2v) is 9.15. The number of hydrogen-bond acceptors (Lipinski definition) is 4. The van der Waals surface area contributed by atoms with Crippen molar-refractivity contribution in [2.75, 3.05) is 26.2 Å². The molecule has 1 aromatic heterocycles. The second-order valence-electron chi connectivity index (χ2n) is 7.68. The summed E-state index contributed by atoms with van der Waals surface area (Å²) in [5.74, 6) is 1.50. The van der Waals surface area contributed by atoms with E-state index >= 15 is 0 Å². The van der Waals surface area contributed by atoms with E-state index in [-0.39, 0.29) is 6.04 Å². The van der Waals surface area contributed by atoms with Crippen LogP contribution in [0, 0.1) is 12.8 Å². The Labute approximate surface area is 183 Å². The summed E-state index contributed by atoms with van der Waals surface area (Å²) in [6.45, 7) is 11.2. The number of halogens is 1. The van der Waals surface area contributed by atoms with Gasteiger partial charge in [0, 0.05) is 30.0 Å².